The van der Waals surface area contributed by atoms with E-state index in [1.165, 1.54) is 6.92 Å². The summed E-state index contributed by atoms with van der Waals surface area (Å²) in [7, 11) is 0. The smallest absolute Gasteiger partial charge is 0.322 e. The van der Waals surface area contributed by atoms with Crippen molar-refractivity contribution < 1.29 is 29.4 Å². The van der Waals surface area contributed by atoms with Gasteiger partial charge in [0.25, 0.3) is 0 Å². The first kappa shape index (κ1) is 25.8. The van der Waals surface area contributed by atoms with Crippen molar-refractivity contribution in [1.82, 2.24) is 16.0 Å². The average molecular weight is 403 g/mol. The first-order valence-corrected chi connectivity index (χ1v) is 9.25. The van der Waals surface area contributed by atoms with Crippen LogP contribution in [0.4, 0.5) is 0 Å². The largest absolute Gasteiger partial charge is 0.480 e. The van der Waals surface area contributed by atoms with Crippen LogP contribution in [0.2, 0.25) is 0 Å². The molecule has 3 amide bonds. The molecule has 0 aromatic heterocycles. The molecule has 0 saturated heterocycles. The van der Waals surface area contributed by atoms with Crippen molar-refractivity contribution in [1.29, 1.82) is 0 Å². The van der Waals surface area contributed by atoms with E-state index in [0.29, 0.717) is 19.4 Å². The summed E-state index contributed by atoms with van der Waals surface area (Å²) >= 11 is 0. The Kier molecular flexibility index (Phi) is 12.0. The molecule has 0 aliphatic rings. The summed E-state index contributed by atoms with van der Waals surface area (Å²) in [6, 6.07) is -3.16. The highest BCUT2D eigenvalue weighted by molar-refractivity contribution is 5.94. The summed E-state index contributed by atoms with van der Waals surface area (Å²) in [6.07, 6.45) is 0.553. The van der Waals surface area contributed by atoms with Crippen LogP contribution in [-0.4, -0.2) is 71.2 Å². The lowest BCUT2D eigenvalue weighted by molar-refractivity contribution is -0.139. The number of aliphatic hydroxyl groups excluding tert-OH is 1. The maximum Gasteiger partial charge on any atom is 0.322 e. The fraction of sp³-hybridized carbons (Fsp3) is 0.765. The lowest BCUT2D eigenvalue weighted by Crippen LogP contribution is -2.59. The summed E-state index contributed by atoms with van der Waals surface area (Å²) in [6.45, 7) is 4.52. The predicted molar refractivity (Wildman–Crippen MR) is 102 cm³/mol. The molecule has 0 fully saturated rings. The Labute approximate surface area is 164 Å². The number of amides is 3. The first-order valence-electron chi connectivity index (χ1n) is 9.25. The number of nitrogens with two attached hydrogens (primary N) is 2. The molecule has 0 saturated carbocycles. The maximum atomic E-state index is 12.6. The molecule has 0 aromatic carbocycles. The Balaban J connectivity index is 4.99. The van der Waals surface area contributed by atoms with Crippen LogP contribution >= 0.6 is 0 Å². The van der Waals surface area contributed by atoms with Gasteiger partial charge in [0.15, 0.2) is 0 Å². The Morgan fingerprint density at radius 1 is 0.929 bits per heavy atom. The molecule has 4 unspecified atom stereocenters. The van der Waals surface area contributed by atoms with E-state index in [0.717, 1.165) is 6.42 Å². The van der Waals surface area contributed by atoms with Crippen molar-refractivity contribution in [3.05, 3.63) is 0 Å². The Morgan fingerprint density at radius 2 is 1.50 bits per heavy atom. The van der Waals surface area contributed by atoms with Gasteiger partial charge in [-0.1, -0.05) is 20.3 Å². The van der Waals surface area contributed by atoms with Crippen LogP contribution in [0.15, 0.2) is 0 Å². The fourth-order valence-electron chi connectivity index (χ4n) is 2.36. The highest BCUT2D eigenvalue weighted by Gasteiger charge is 2.32. The zero-order valence-corrected chi connectivity index (χ0v) is 16.6. The standard InChI is InChI=1S/C17H33N5O6/c1-9(2)13(21-15(26)11(19)6-4-5-7-18)17(28)22-14(10(3)23)16(27)20-8-12(24)25/h9-11,13-14,23H,4-8,18-19H2,1-3H3,(H,20,27)(H,21,26)(H,22,28)(H,24,25). The monoisotopic (exact) mass is 403 g/mol. The second-order valence-electron chi connectivity index (χ2n) is 6.96. The molecule has 0 aromatic rings. The van der Waals surface area contributed by atoms with Crippen molar-refractivity contribution in [3.63, 3.8) is 0 Å². The van der Waals surface area contributed by atoms with Crippen molar-refractivity contribution in [2.45, 2.75) is 64.3 Å². The number of nitrogens with one attached hydrogen (secondary N) is 3. The minimum atomic E-state index is -1.37. The number of unbranched alkanes of at least 4 members (excludes halogenated alkanes) is 1. The van der Waals surface area contributed by atoms with E-state index in [4.69, 9.17) is 16.6 Å². The lowest BCUT2D eigenvalue weighted by atomic mass is 10.0. The summed E-state index contributed by atoms with van der Waals surface area (Å²) in [5, 5.41) is 25.4. The molecule has 0 aliphatic heterocycles. The highest BCUT2D eigenvalue weighted by Crippen LogP contribution is 2.06. The third kappa shape index (κ3) is 9.62. The molecule has 0 spiro atoms. The van der Waals surface area contributed by atoms with Gasteiger partial charge in [-0.05, 0) is 32.2 Å². The summed E-state index contributed by atoms with van der Waals surface area (Å²) in [5.74, 6) is -3.63. The van der Waals surface area contributed by atoms with E-state index in [1.807, 2.05) is 0 Å². The minimum absolute atomic E-state index is 0.322. The highest BCUT2D eigenvalue weighted by atomic mass is 16.4. The quantitative estimate of drug-likeness (QED) is 0.166. The van der Waals surface area contributed by atoms with Gasteiger partial charge in [0.2, 0.25) is 17.7 Å². The Hall–Kier alpha value is -2.24. The number of carbonyl (C=O) groups is 4. The summed E-state index contributed by atoms with van der Waals surface area (Å²) in [5.41, 5.74) is 11.2. The van der Waals surface area contributed by atoms with Crippen LogP contribution in [0, 0.1) is 5.92 Å². The second-order valence-corrected chi connectivity index (χ2v) is 6.96. The summed E-state index contributed by atoms with van der Waals surface area (Å²) < 4.78 is 0. The van der Waals surface area contributed by atoms with Crippen molar-refractivity contribution in [2.75, 3.05) is 13.1 Å². The molecule has 0 aliphatic carbocycles. The number of rotatable bonds is 13. The van der Waals surface area contributed by atoms with Crippen LogP contribution in [0.3, 0.4) is 0 Å². The van der Waals surface area contributed by atoms with Gasteiger partial charge in [-0.25, -0.2) is 0 Å². The Bertz CT molecular complexity index is 540. The normalized spacial score (nSPS) is 15.2. The molecule has 0 bridgehead atoms. The molecule has 28 heavy (non-hydrogen) atoms. The topological polar surface area (TPSA) is 197 Å². The molecule has 4 atom stereocenters. The lowest BCUT2D eigenvalue weighted by Gasteiger charge is -2.27. The number of aliphatic carboxylic acids is 1. The van der Waals surface area contributed by atoms with Gasteiger partial charge < -0.3 is 37.6 Å². The zero-order valence-electron chi connectivity index (χ0n) is 16.6. The molecule has 162 valence electrons. The van der Waals surface area contributed by atoms with Gasteiger partial charge in [-0.15, -0.1) is 0 Å². The summed E-state index contributed by atoms with van der Waals surface area (Å²) in [4.78, 5) is 47.4. The third-order valence-corrected chi connectivity index (χ3v) is 4.03. The Morgan fingerprint density at radius 3 is 1.96 bits per heavy atom. The van der Waals surface area contributed by atoms with Crippen LogP contribution in [-0.2, 0) is 19.2 Å². The van der Waals surface area contributed by atoms with E-state index in [-0.39, 0.29) is 5.92 Å². The molecular weight excluding hydrogens is 370 g/mol. The van der Waals surface area contributed by atoms with Crippen LogP contribution < -0.4 is 27.4 Å². The average Bonchev–Trinajstić information content (AvgIpc) is 2.61. The predicted octanol–water partition coefficient (Wildman–Crippen LogP) is -2.35. The van der Waals surface area contributed by atoms with Crippen molar-refractivity contribution >= 4 is 23.7 Å². The number of hydrogen-bond donors (Lipinski definition) is 7. The van der Waals surface area contributed by atoms with Crippen molar-refractivity contribution in [3.8, 4) is 0 Å². The van der Waals surface area contributed by atoms with E-state index < -0.39 is 54.5 Å². The van der Waals surface area contributed by atoms with Gasteiger partial charge in [-0.3, -0.25) is 19.2 Å². The van der Waals surface area contributed by atoms with Gasteiger partial charge in [0.1, 0.15) is 18.6 Å². The number of carboxylic acids is 1. The maximum absolute atomic E-state index is 12.6. The van der Waals surface area contributed by atoms with Crippen molar-refractivity contribution in [2.24, 2.45) is 17.4 Å². The third-order valence-electron chi connectivity index (χ3n) is 4.03. The van der Waals surface area contributed by atoms with Gasteiger partial charge >= 0.3 is 5.97 Å². The number of hydrogen-bond acceptors (Lipinski definition) is 7. The number of carbonyl (C=O) groups excluding carboxylic acids is 3. The van der Waals surface area contributed by atoms with Gasteiger partial charge in [0.05, 0.1) is 12.1 Å². The molecule has 11 nitrogen and oxygen atoms in total. The molecule has 0 radical (unpaired) electrons. The van der Waals surface area contributed by atoms with Gasteiger partial charge in [0, 0.05) is 0 Å². The van der Waals surface area contributed by atoms with Crippen LogP contribution in [0.1, 0.15) is 40.0 Å². The fourth-order valence-corrected chi connectivity index (χ4v) is 2.36. The van der Waals surface area contributed by atoms with E-state index >= 15 is 0 Å². The first-order chi connectivity index (χ1) is 13.0. The van der Waals surface area contributed by atoms with E-state index in [2.05, 4.69) is 16.0 Å². The number of carboxylic acid groups (broad SMARTS) is 1. The molecule has 11 heteroatoms. The van der Waals surface area contributed by atoms with Gasteiger partial charge in [-0.2, -0.15) is 0 Å². The van der Waals surface area contributed by atoms with Crippen LogP contribution in [0.5, 0.6) is 0 Å². The molecule has 9 N–H and O–H groups in total. The molecule has 0 heterocycles. The molecule has 0 rings (SSSR count). The van der Waals surface area contributed by atoms with E-state index in [9.17, 15) is 24.3 Å². The molecular formula is C17H33N5O6. The second kappa shape index (κ2) is 13.0. The van der Waals surface area contributed by atoms with E-state index in [1.54, 1.807) is 13.8 Å². The zero-order chi connectivity index (χ0) is 21.9. The van der Waals surface area contributed by atoms with Crippen LogP contribution in [0.25, 0.3) is 0 Å². The SMILES string of the molecule is CC(C)C(NC(=O)C(N)CCCCN)C(=O)NC(C(=O)NCC(=O)O)C(C)O. The number of aliphatic hydroxyl groups is 1. The minimum Gasteiger partial charge on any atom is -0.480 e.